The second-order valence-electron chi connectivity index (χ2n) is 5.80. The minimum Gasteiger partial charge on any atom is -0.468 e. The predicted octanol–water partition coefficient (Wildman–Crippen LogP) is 3.76. The maximum Gasteiger partial charge on any atom is 0.422 e. The monoisotopic (exact) mass is 395 g/mol. The number of hydrogen-bond donors (Lipinski definition) is 1. The largest absolute Gasteiger partial charge is 0.468 e. The van der Waals surface area contributed by atoms with Gasteiger partial charge in [-0.05, 0) is 44.2 Å². The molecule has 0 aliphatic heterocycles. The van der Waals surface area contributed by atoms with Crippen molar-refractivity contribution in [3.63, 3.8) is 0 Å². The lowest BCUT2D eigenvalue weighted by Crippen LogP contribution is -2.30. The Balaban J connectivity index is 1.98. The normalized spacial score (nSPS) is 11.0. The van der Waals surface area contributed by atoms with E-state index in [1.807, 2.05) is 13.8 Å². The van der Waals surface area contributed by atoms with Crippen LogP contribution in [0, 0.1) is 0 Å². The highest BCUT2D eigenvalue weighted by Crippen LogP contribution is 2.18. The van der Waals surface area contributed by atoms with Crippen LogP contribution in [0.5, 0.6) is 5.88 Å². The minimum atomic E-state index is -4.46. The van der Waals surface area contributed by atoms with Gasteiger partial charge in [0.25, 0.3) is 11.8 Å². The number of halogens is 3. The van der Waals surface area contributed by atoms with Crippen LogP contribution in [0.2, 0.25) is 0 Å². The molecule has 0 fully saturated rings. The highest BCUT2D eigenvalue weighted by Gasteiger charge is 2.28. The Hall–Kier alpha value is -3.10. The van der Waals surface area contributed by atoms with E-state index >= 15 is 0 Å². The fraction of sp³-hybridized carbons (Fsp3) is 0.316. The number of nitrogens with zero attached hydrogens (tertiary/aromatic N) is 2. The number of benzene rings is 1. The molecule has 0 saturated heterocycles. The summed E-state index contributed by atoms with van der Waals surface area (Å²) in [5.41, 5.74) is 1.13. The Bertz CT molecular complexity index is 802. The number of aromatic nitrogens is 1. The van der Waals surface area contributed by atoms with E-state index in [1.165, 1.54) is 12.1 Å². The van der Waals surface area contributed by atoms with Crippen molar-refractivity contribution < 1.29 is 27.5 Å². The zero-order valence-corrected chi connectivity index (χ0v) is 15.4. The van der Waals surface area contributed by atoms with Crippen molar-refractivity contribution in [1.82, 2.24) is 9.88 Å². The maximum absolute atomic E-state index is 12.3. The number of amides is 2. The van der Waals surface area contributed by atoms with Gasteiger partial charge in [0.1, 0.15) is 0 Å². The molecule has 6 nitrogen and oxygen atoms in total. The van der Waals surface area contributed by atoms with E-state index in [0.717, 1.165) is 6.20 Å². The van der Waals surface area contributed by atoms with Crippen molar-refractivity contribution in [3.8, 4) is 5.88 Å². The number of ether oxygens (including phenoxy) is 1. The maximum atomic E-state index is 12.3. The molecule has 0 spiro atoms. The van der Waals surface area contributed by atoms with Crippen LogP contribution in [0.1, 0.15) is 34.6 Å². The summed E-state index contributed by atoms with van der Waals surface area (Å²) in [6.45, 7) is 3.53. The van der Waals surface area contributed by atoms with Gasteiger partial charge >= 0.3 is 6.18 Å². The summed E-state index contributed by atoms with van der Waals surface area (Å²) in [6.07, 6.45) is -3.34. The highest BCUT2D eigenvalue weighted by molar-refractivity contribution is 6.04. The first-order valence-corrected chi connectivity index (χ1v) is 8.59. The second-order valence-corrected chi connectivity index (χ2v) is 5.80. The molecule has 0 aliphatic carbocycles. The van der Waals surface area contributed by atoms with Crippen molar-refractivity contribution in [1.29, 1.82) is 0 Å². The molecule has 1 N–H and O–H groups in total. The number of pyridine rings is 1. The Kier molecular flexibility index (Phi) is 6.97. The first-order chi connectivity index (χ1) is 13.2. The zero-order valence-electron chi connectivity index (χ0n) is 15.4. The third kappa shape index (κ3) is 5.97. The fourth-order valence-corrected chi connectivity index (χ4v) is 2.35. The van der Waals surface area contributed by atoms with E-state index in [1.54, 1.807) is 29.2 Å². The standard InChI is InChI=1S/C19H20F3N3O3/c1-3-25(4-2)18(27)13-5-8-15(9-6-13)24-17(26)14-7-10-16(23-11-14)28-12-19(20,21)22/h5-11H,3-4,12H2,1-2H3,(H,24,26). The molecule has 1 aromatic heterocycles. The lowest BCUT2D eigenvalue weighted by molar-refractivity contribution is -0.154. The van der Waals surface area contributed by atoms with Crippen molar-refractivity contribution in [3.05, 3.63) is 53.7 Å². The smallest absolute Gasteiger partial charge is 0.422 e. The molecule has 0 saturated carbocycles. The van der Waals surface area contributed by atoms with Gasteiger partial charge in [0.2, 0.25) is 5.88 Å². The van der Waals surface area contributed by atoms with E-state index in [0.29, 0.717) is 24.3 Å². The molecule has 2 rings (SSSR count). The van der Waals surface area contributed by atoms with Crippen molar-refractivity contribution in [2.24, 2.45) is 0 Å². The first kappa shape index (κ1) is 21.2. The molecule has 2 amide bonds. The average molecular weight is 395 g/mol. The van der Waals surface area contributed by atoms with Gasteiger partial charge in [-0.25, -0.2) is 4.98 Å². The number of carbonyl (C=O) groups excluding carboxylic acids is 2. The van der Waals surface area contributed by atoms with Crippen LogP contribution in [0.15, 0.2) is 42.6 Å². The predicted molar refractivity (Wildman–Crippen MR) is 97.4 cm³/mol. The number of anilines is 1. The first-order valence-electron chi connectivity index (χ1n) is 8.59. The van der Waals surface area contributed by atoms with Crippen molar-refractivity contribution >= 4 is 17.5 Å². The van der Waals surface area contributed by atoms with Gasteiger partial charge in [-0.15, -0.1) is 0 Å². The Labute approximate surface area is 160 Å². The van der Waals surface area contributed by atoms with Gasteiger partial charge in [-0.3, -0.25) is 9.59 Å². The molecule has 0 unspecified atom stereocenters. The molecular formula is C19H20F3N3O3. The van der Waals surface area contributed by atoms with Crippen LogP contribution in [0.3, 0.4) is 0 Å². The summed E-state index contributed by atoms with van der Waals surface area (Å²) < 4.78 is 40.8. The summed E-state index contributed by atoms with van der Waals surface area (Å²) in [7, 11) is 0. The van der Waals surface area contributed by atoms with Gasteiger partial charge in [0.15, 0.2) is 6.61 Å². The summed E-state index contributed by atoms with van der Waals surface area (Å²) in [5.74, 6) is -0.813. The third-order valence-electron chi connectivity index (χ3n) is 3.82. The van der Waals surface area contributed by atoms with Crippen LogP contribution in [-0.4, -0.2) is 47.6 Å². The highest BCUT2D eigenvalue weighted by atomic mass is 19.4. The van der Waals surface area contributed by atoms with Crippen LogP contribution < -0.4 is 10.1 Å². The minimum absolute atomic E-state index is 0.0958. The summed E-state index contributed by atoms with van der Waals surface area (Å²) in [6, 6.07) is 8.93. The number of carbonyl (C=O) groups is 2. The number of hydrogen-bond acceptors (Lipinski definition) is 4. The van der Waals surface area contributed by atoms with Crippen LogP contribution in [0.4, 0.5) is 18.9 Å². The molecule has 1 heterocycles. The number of alkyl halides is 3. The van der Waals surface area contributed by atoms with Crippen LogP contribution in [0.25, 0.3) is 0 Å². The zero-order chi connectivity index (χ0) is 20.7. The quantitative estimate of drug-likeness (QED) is 0.775. The van der Waals surface area contributed by atoms with Crippen LogP contribution in [-0.2, 0) is 0 Å². The fourth-order valence-electron chi connectivity index (χ4n) is 2.35. The van der Waals surface area contributed by atoms with Gasteiger partial charge < -0.3 is 15.0 Å². The Morgan fingerprint density at radius 3 is 2.14 bits per heavy atom. The molecule has 0 bridgehead atoms. The topological polar surface area (TPSA) is 71.5 Å². The summed E-state index contributed by atoms with van der Waals surface area (Å²) >= 11 is 0. The summed E-state index contributed by atoms with van der Waals surface area (Å²) in [5, 5.41) is 2.63. The molecule has 150 valence electrons. The molecule has 2 aromatic rings. The SMILES string of the molecule is CCN(CC)C(=O)c1ccc(NC(=O)c2ccc(OCC(F)(F)F)nc2)cc1. The van der Waals surface area contributed by atoms with Gasteiger partial charge in [0, 0.05) is 36.6 Å². The van der Waals surface area contributed by atoms with Crippen LogP contribution >= 0.6 is 0 Å². The van der Waals surface area contributed by atoms with E-state index in [-0.39, 0.29) is 17.4 Å². The molecule has 1 aromatic carbocycles. The molecule has 28 heavy (non-hydrogen) atoms. The Morgan fingerprint density at radius 1 is 1.04 bits per heavy atom. The van der Waals surface area contributed by atoms with Crippen molar-refractivity contribution in [2.45, 2.75) is 20.0 Å². The molecule has 0 aliphatic rings. The lowest BCUT2D eigenvalue weighted by Gasteiger charge is -2.18. The van der Waals surface area contributed by atoms with E-state index < -0.39 is 18.7 Å². The lowest BCUT2D eigenvalue weighted by atomic mass is 10.1. The van der Waals surface area contributed by atoms with Gasteiger partial charge in [-0.1, -0.05) is 0 Å². The second kappa shape index (κ2) is 9.20. The molecule has 0 atom stereocenters. The van der Waals surface area contributed by atoms with E-state index in [9.17, 15) is 22.8 Å². The van der Waals surface area contributed by atoms with Crippen molar-refractivity contribution in [2.75, 3.05) is 25.0 Å². The molecule has 0 radical (unpaired) electrons. The molecular weight excluding hydrogens is 375 g/mol. The van der Waals surface area contributed by atoms with E-state index in [4.69, 9.17) is 0 Å². The van der Waals surface area contributed by atoms with Gasteiger partial charge in [0.05, 0.1) is 5.56 Å². The molecule has 9 heteroatoms. The third-order valence-corrected chi connectivity index (χ3v) is 3.82. The number of nitrogens with one attached hydrogen (secondary N) is 1. The van der Waals surface area contributed by atoms with E-state index in [2.05, 4.69) is 15.0 Å². The Morgan fingerprint density at radius 2 is 1.64 bits per heavy atom. The van der Waals surface area contributed by atoms with Gasteiger partial charge in [-0.2, -0.15) is 13.2 Å². The number of rotatable bonds is 7. The summed E-state index contributed by atoms with van der Waals surface area (Å²) in [4.78, 5) is 29.8. The average Bonchev–Trinajstić information content (AvgIpc) is 2.67.